The monoisotopic (exact) mass is 283 g/mol. The van der Waals surface area contributed by atoms with Crippen LogP contribution in [0.15, 0.2) is 35.7 Å². The van der Waals surface area contributed by atoms with E-state index in [1.54, 1.807) is 17.4 Å². The van der Waals surface area contributed by atoms with Crippen molar-refractivity contribution in [2.24, 2.45) is 5.73 Å². The summed E-state index contributed by atoms with van der Waals surface area (Å²) in [6, 6.07) is 8.98. The summed E-state index contributed by atoms with van der Waals surface area (Å²) in [5.41, 5.74) is 7.81. The van der Waals surface area contributed by atoms with E-state index in [4.69, 9.17) is 5.73 Å². The predicted octanol–water partition coefficient (Wildman–Crippen LogP) is 3.65. The second-order valence-electron chi connectivity index (χ2n) is 4.68. The summed E-state index contributed by atoms with van der Waals surface area (Å²) in [6.45, 7) is 0. The molecule has 1 aromatic carbocycles. The zero-order chi connectivity index (χ0) is 11.9. The van der Waals surface area contributed by atoms with E-state index < -0.39 is 5.54 Å². The normalized spacial score (nSPS) is 22.1. The van der Waals surface area contributed by atoms with Crippen molar-refractivity contribution in [1.29, 1.82) is 0 Å². The second kappa shape index (κ2) is 5.00. The summed E-state index contributed by atoms with van der Waals surface area (Å²) in [7, 11) is 0. The molecule has 0 saturated heterocycles. The van der Waals surface area contributed by atoms with Crippen molar-refractivity contribution in [3.8, 4) is 0 Å². The van der Waals surface area contributed by atoms with Gasteiger partial charge >= 0.3 is 0 Å². The van der Waals surface area contributed by atoms with E-state index in [-0.39, 0.29) is 18.2 Å². The van der Waals surface area contributed by atoms with Crippen LogP contribution in [0.3, 0.4) is 0 Å². The van der Waals surface area contributed by atoms with Gasteiger partial charge in [0.25, 0.3) is 0 Å². The molecule has 1 unspecified atom stereocenters. The molecule has 1 aliphatic carbocycles. The minimum atomic E-state index is -0.542. The molecule has 2 N–H and O–H groups in total. The molecule has 3 rings (SSSR count). The summed E-state index contributed by atoms with van der Waals surface area (Å²) >= 11 is 1.78. The number of fused-ring (bicyclic) bond motifs is 1. The summed E-state index contributed by atoms with van der Waals surface area (Å²) < 4.78 is 13.8. The first-order valence-electron chi connectivity index (χ1n) is 5.78. The summed E-state index contributed by atoms with van der Waals surface area (Å²) in [6.07, 6.45) is 2.52. The SMILES string of the molecule is Cl.NC1(c2ccccc2F)CCc2sccc2C1. The molecule has 1 atom stereocenters. The van der Waals surface area contributed by atoms with E-state index >= 15 is 0 Å². The first kappa shape index (κ1) is 13.5. The fourth-order valence-electron chi connectivity index (χ4n) is 2.60. The van der Waals surface area contributed by atoms with Gasteiger partial charge in [-0.25, -0.2) is 4.39 Å². The van der Waals surface area contributed by atoms with E-state index in [9.17, 15) is 4.39 Å². The van der Waals surface area contributed by atoms with Gasteiger partial charge in [0.2, 0.25) is 0 Å². The lowest BCUT2D eigenvalue weighted by Gasteiger charge is -2.34. The fourth-order valence-corrected chi connectivity index (χ4v) is 3.51. The van der Waals surface area contributed by atoms with Crippen LogP contribution >= 0.6 is 23.7 Å². The van der Waals surface area contributed by atoms with Crippen molar-refractivity contribution in [2.45, 2.75) is 24.8 Å². The summed E-state index contributed by atoms with van der Waals surface area (Å²) in [5.74, 6) is -0.186. The Morgan fingerprint density at radius 2 is 2.00 bits per heavy atom. The average molecular weight is 284 g/mol. The molecule has 0 aliphatic heterocycles. The summed E-state index contributed by atoms with van der Waals surface area (Å²) in [5, 5.41) is 2.09. The third-order valence-electron chi connectivity index (χ3n) is 3.55. The van der Waals surface area contributed by atoms with Crippen molar-refractivity contribution >= 4 is 23.7 Å². The van der Waals surface area contributed by atoms with E-state index in [1.165, 1.54) is 16.5 Å². The molecule has 0 radical (unpaired) electrons. The zero-order valence-electron chi connectivity index (χ0n) is 9.86. The number of rotatable bonds is 1. The highest BCUT2D eigenvalue weighted by Crippen LogP contribution is 2.37. The number of hydrogen-bond donors (Lipinski definition) is 1. The Morgan fingerprint density at radius 1 is 1.22 bits per heavy atom. The highest BCUT2D eigenvalue weighted by Gasteiger charge is 2.34. The topological polar surface area (TPSA) is 26.0 Å². The quantitative estimate of drug-likeness (QED) is 0.849. The molecule has 0 fully saturated rings. The van der Waals surface area contributed by atoms with Crippen LogP contribution in [-0.4, -0.2) is 0 Å². The van der Waals surface area contributed by atoms with Gasteiger partial charge in [0.15, 0.2) is 0 Å². The van der Waals surface area contributed by atoms with Crippen LogP contribution in [0, 0.1) is 5.82 Å². The minimum absolute atomic E-state index is 0. The first-order valence-corrected chi connectivity index (χ1v) is 6.66. The van der Waals surface area contributed by atoms with Crippen molar-refractivity contribution in [2.75, 3.05) is 0 Å². The van der Waals surface area contributed by atoms with Gasteiger partial charge in [-0.1, -0.05) is 18.2 Å². The van der Waals surface area contributed by atoms with Crippen LogP contribution in [0.5, 0.6) is 0 Å². The van der Waals surface area contributed by atoms with Crippen molar-refractivity contribution in [3.05, 3.63) is 57.5 Å². The maximum atomic E-state index is 13.8. The molecule has 4 heteroatoms. The maximum Gasteiger partial charge on any atom is 0.128 e. The number of halogens is 2. The minimum Gasteiger partial charge on any atom is -0.321 e. The highest BCUT2D eigenvalue weighted by atomic mass is 35.5. The van der Waals surface area contributed by atoms with Crippen LogP contribution in [-0.2, 0) is 18.4 Å². The van der Waals surface area contributed by atoms with Gasteiger partial charge in [-0.05, 0) is 42.3 Å². The van der Waals surface area contributed by atoms with Gasteiger partial charge in [-0.2, -0.15) is 0 Å². The molecule has 1 aromatic heterocycles. The molecule has 1 nitrogen and oxygen atoms in total. The van der Waals surface area contributed by atoms with Crippen LogP contribution in [0.4, 0.5) is 4.39 Å². The number of hydrogen-bond acceptors (Lipinski definition) is 2. The number of thiophene rings is 1. The molecular weight excluding hydrogens is 269 g/mol. The average Bonchev–Trinajstić information content (AvgIpc) is 2.76. The molecule has 0 spiro atoms. The third kappa shape index (κ3) is 2.18. The number of benzene rings is 1. The van der Waals surface area contributed by atoms with Gasteiger partial charge in [0.05, 0.1) is 0 Å². The smallest absolute Gasteiger partial charge is 0.128 e. The second-order valence-corrected chi connectivity index (χ2v) is 5.68. The molecule has 0 bridgehead atoms. The van der Waals surface area contributed by atoms with Gasteiger partial charge in [-0.15, -0.1) is 23.7 Å². The summed E-state index contributed by atoms with van der Waals surface area (Å²) in [4.78, 5) is 1.41. The van der Waals surface area contributed by atoms with Gasteiger partial charge in [0, 0.05) is 16.0 Å². The molecule has 0 amide bonds. The van der Waals surface area contributed by atoms with Crippen LogP contribution in [0.25, 0.3) is 0 Å². The van der Waals surface area contributed by atoms with Crippen molar-refractivity contribution in [1.82, 2.24) is 0 Å². The number of aryl methyl sites for hydroxylation is 1. The Kier molecular flexibility index (Phi) is 3.76. The van der Waals surface area contributed by atoms with Crippen LogP contribution in [0.2, 0.25) is 0 Å². The molecule has 1 heterocycles. The van der Waals surface area contributed by atoms with Crippen molar-refractivity contribution < 1.29 is 4.39 Å². The Bertz CT molecular complexity index is 554. The molecule has 18 heavy (non-hydrogen) atoms. The largest absolute Gasteiger partial charge is 0.321 e. The van der Waals surface area contributed by atoms with E-state index in [0.717, 1.165) is 19.3 Å². The van der Waals surface area contributed by atoms with Crippen LogP contribution in [0.1, 0.15) is 22.4 Å². The molecular formula is C14H15ClFNS. The molecule has 0 saturated carbocycles. The molecule has 2 aromatic rings. The lowest BCUT2D eigenvalue weighted by molar-refractivity contribution is 0.371. The molecule has 96 valence electrons. The van der Waals surface area contributed by atoms with Gasteiger partial charge in [0.1, 0.15) is 5.82 Å². The standard InChI is InChI=1S/C14H14FNS.ClH/c15-12-4-2-1-3-11(12)14(16)7-5-13-10(9-14)6-8-17-13;/h1-4,6,8H,5,7,9,16H2;1H. The highest BCUT2D eigenvalue weighted by molar-refractivity contribution is 7.10. The molecule has 1 aliphatic rings. The van der Waals surface area contributed by atoms with Gasteiger partial charge < -0.3 is 5.73 Å². The van der Waals surface area contributed by atoms with E-state index in [2.05, 4.69) is 11.4 Å². The fraction of sp³-hybridized carbons (Fsp3) is 0.286. The predicted molar refractivity (Wildman–Crippen MR) is 75.9 cm³/mol. The van der Waals surface area contributed by atoms with Crippen LogP contribution < -0.4 is 5.73 Å². The Morgan fingerprint density at radius 3 is 2.78 bits per heavy atom. The zero-order valence-corrected chi connectivity index (χ0v) is 11.5. The number of nitrogens with two attached hydrogens (primary N) is 1. The maximum absolute atomic E-state index is 13.8. The third-order valence-corrected chi connectivity index (χ3v) is 4.58. The Balaban J connectivity index is 0.00000120. The van der Waals surface area contributed by atoms with Crippen molar-refractivity contribution in [3.63, 3.8) is 0 Å². The Hall–Kier alpha value is -0.900. The first-order chi connectivity index (χ1) is 8.19. The lowest BCUT2D eigenvalue weighted by Crippen LogP contribution is -2.42. The van der Waals surface area contributed by atoms with E-state index in [1.807, 2.05) is 12.1 Å². The Labute approximate surface area is 116 Å². The van der Waals surface area contributed by atoms with E-state index in [0.29, 0.717) is 5.56 Å². The van der Waals surface area contributed by atoms with Gasteiger partial charge in [-0.3, -0.25) is 0 Å². The lowest BCUT2D eigenvalue weighted by atomic mass is 9.77.